The topological polar surface area (TPSA) is 72.4 Å². The number of thiocarbonyl (C=S) groups is 1. The average molecular weight is 186 g/mol. The van der Waals surface area contributed by atoms with Crippen molar-refractivity contribution in [2.75, 3.05) is 0 Å². The van der Waals surface area contributed by atoms with Crippen LogP contribution in [0.3, 0.4) is 0 Å². The van der Waals surface area contributed by atoms with Gasteiger partial charge in [0.05, 0.1) is 0 Å². The molecule has 0 spiro atoms. The molecule has 0 aliphatic heterocycles. The number of carbonyl (C=O) groups excluding carboxylic acids is 1. The number of nitrogens with zero attached hydrogens (tertiary/aromatic N) is 1. The second kappa shape index (κ2) is 3.76. The molecule has 0 heterocycles. The van der Waals surface area contributed by atoms with Gasteiger partial charge in [0.2, 0.25) is 0 Å². The Bertz CT molecular complexity index is 140. The highest BCUT2D eigenvalue weighted by Gasteiger charge is 2.06. The third-order valence-corrected chi connectivity index (χ3v) is 1.46. The van der Waals surface area contributed by atoms with Gasteiger partial charge in [-0.2, -0.15) is 3.82 Å². The van der Waals surface area contributed by atoms with Crippen molar-refractivity contribution < 1.29 is 4.79 Å². The summed E-state index contributed by atoms with van der Waals surface area (Å²) >= 11 is 10.3. The van der Waals surface area contributed by atoms with E-state index >= 15 is 0 Å². The molecule has 0 unspecified atom stereocenters. The van der Waals surface area contributed by atoms with Crippen LogP contribution in [0.15, 0.2) is 0 Å². The average Bonchev–Trinajstić information content (AvgIpc) is 1.63. The number of urea groups is 1. The van der Waals surface area contributed by atoms with E-state index in [9.17, 15) is 4.79 Å². The van der Waals surface area contributed by atoms with Crippen molar-refractivity contribution in [2.24, 2.45) is 11.5 Å². The fraction of sp³-hybridized carbons (Fsp3) is 0. The Morgan fingerprint density at radius 2 is 2.11 bits per heavy atom. The molecule has 0 aromatic heterocycles. The zero-order chi connectivity index (χ0) is 7.44. The molecule has 0 bridgehead atoms. The number of halogens is 1. The SMILES string of the molecule is NC(=O)N(Cl)SC(N)=S. The van der Waals surface area contributed by atoms with Crippen molar-refractivity contribution in [3.05, 3.63) is 0 Å². The summed E-state index contributed by atoms with van der Waals surface area (Å²) in [4.78, 5) is 10.1. The highest BCUT2D eigenvalue weighted by molar-refractivity contribution is 8.22. The van der Waals surface area contributed by atoms with Crippen LogP contribution in [0.1, 0.15) is 0 Å². The highest BCUT2D eigenvalue weighted by Crippen LogP contribution is 2.11. The fourth-order valence-corrected chi connectivity index (χ4v) is 0.941. The van der Waals surface area contributed by atoms with Gasteiger partial charge in [0.1, 0.15) is 0 Å². The maximum absolute atomic E-state index is 10.1. The fourth-order valence-electron chi connectivity index (χ4n) is 0.124. The lowest BCUT2D eigenvalue weighted by molar-refractivity contribution is 0.246. The number of carbonyl (C=O) groups is 1. The number of hydrogen-bond acceptors (Lipinski definition) is 3. The highest BCUT2D eigenvalue weighted by atomic mass is 35.5. The largest absolute Gasteiger partial charge is 0.383 e. The van der Waals surface area contributed by atoms with Crippen LogP contribution < -0.4 is 11.5 Å². The van der Waals surface area contributed by atoms with Crippen LogP contribution in [-0.4, -0.2) is 14.2 Å². The van der Waals surface area contributed by atoms with E-state index in [4.69, 9.17) is 23.2 Å². The summed E-state index contributed by atoms with van der Waals surface area (Å²) in [5, 5.41) is 0. The molecule has 0 aromatic carbocycles. The number of amides is 2. The molecule has 0 atom stereocenters. The van der Waals surface area contributed by atoms with Crippen molar-refractivity contribution in [2.45, 2.75) is 0 Å². The summed E-state index contributed by atoms with van der Waals surface area (Å²) in [6.07, 6.45) is 0. The third-order valence-electron chi connectivity index (χ3n) is 0.343. The first-order valence-electron chi connectivity index (χ1n) is 1.76. The molecular weight excluding hydrogens is 182 g/mol. The number of primary amides is 1. The predicted molar refractivity (Wildman–Crippen MR) is 41.7 cm³/mol. The Hall–Kier alpha value is -0.200. The quantitative estimate of drug-likeness (QED) is 0.326. The summed E-state index contributed by atoms with van der Waals surface area (Å²) < 4.78 is 0.673. The first-order valence-corrected chi connectivity index (χ1v) is 3.28. The zero-order valence-electron chi connectivity index (χ0n) is 4.20. The molecule has 7 heteroatoms. The van der Waals surface area contributed by atoms with E-state index in [1.165, 1.54) is 0 Å². The van der Waals surface area contributed by atoms with Gasteiger partial charge in [-0.15, -0.1) is 0 Å². The smallest absolute Gasteiger partial charge is 0.340 e. The normalized spacial score (nSPS) is 8.56. The van der Waals surface area contributed by atoms with E-state index in [1.54, 1.807) is 0 Å². The van der Waals surface area contributed by atoms with E-state index in [2.05, 4.69) is 12.2 Å². The standard InChI is InChI=1S/C2H4ClN3OS2/c3-6(1(4)7)9-2(5)8/h(H2,4,7)(H2,5,8). The lowest BCUT2D eigenvalue weighted by Crippen LogP contribution is -2.24. The zero-order valence-corrected chi connectivity index (χ0v) is 6.59. The lowest BCUT2D eigenvalue weighted by Gasteiger charge is -2.05. The molecule has 52 valence electrons. The Morgan fingerprint density at radius 1 is 1.67 bits per heavy atom. The summed E-state index contributed by atoms with van der Waals surface area (Å²) in [7, 11) is 0. The minimum atomic E-state index is -0.797. The first kappa shape index (κ1) is 8.80. The lowest BCUT2D eigenvalue weighted by atomic mass is 11.2. The van der Waals surface area contributed by atoms with Crippen LogP contribution in [0.4, 0.5) is 4.79 Å². The van der Waals surface area contributed by atoms with Crippen LogP contribution in [0.25, 0.3) is 0 Å². The van der Waals surface area contributed by atoms with Gasteiger partial charge in [-0.1, -0.05) is 12.2 Å². The maximum Gasteiger partial charge on any atom is 0.340 e. The second-order valence-electron chi connectivity index (χ2n) is 0.993. The van der Waals surface area contributed by atoms with Gasteiger partial charge < -0.3 is 11.5 Å². The Labute approximate surface area is 66.7 Å². The van der Waals surface area contributed by atoms with E-state index in [0.717, 1.165) is 0 Å². The van der Waals surface area contributed by atoms with Gasteiger partial charge in [-0.05, 0) is 0 Å². The molecule has 0 saturated heterocycles. The first-order chi connectivity index (χ1) is 4.04. The van der Waals surface area contributed by atoms with Gasteiger partial charge in [0.25, 0.3) is 0 Å². The van der Waals surface area contributed by atoms with Crippen molar-refractivity contribution >= 4 is 46.3 Å². The van der Waals surface area contributed by atoms with Gasteiger partial charge in [-0.3, -0.25) is 0 Å². The molecule has 0 radical (unpaired) electrons. The minimum absolute atomic E-state index is 0.0452. The molecule has 0 rings (SSSR count). The summed E-state index contributed by atoms with van der Waals surface area (Å²) in [5.74, 6) is 0. The monoisotopic (exact) mass is 185 g/mol. The Morgan fingerprint density at radius 3 is 2.22 bits per heavy atom. The van der Waals surface area contributed by atoms with E-state index in [1.807, 2.05) is 0 Å². The maximum atomic E-state index is 10.1. The molecule has 0 fully saturated rings. The van der Waals surface area contributed by atoms with Gasteiger partial charge in [0.15, 0.2) is 4.32 Å². The van der Waals surface area contributed by atoms with Crippen LogP contribution in [0.5, 0.6) is 0 Å². The number of nitrogens with two attached hydrogens (primary N) is 2. The van der Waals surface area contributed by atoms with Crippen molar-refractivity contribution in [3.63, 3.8) is 0 Å². The van der Waals surface area contributed by atoms with Gasteiger partial charge >= 0.3 is 6.03 Å². The Balaban J connectivity index is 3.63. The van der Waals surface area contributed by atoms with Crippen molar-refractivity contribution in [1.82, 2.24) is 3.82 Å². The molecule has 0 saturated carbocycles. The van der Waals surface area contributed by atoms with Crippen molar-refractivity contribution in [3.8, 4) is 0 Å². The Kier molecular flexibility index (Phi) is 3.67. The molecular formula is C2H4ClN3OS2. The summed E-state index contributed by atoms with van der Waals surface area (Å²) in [6.45, 7) is 0. The van der Waals surface area contributed by atoms with Crippen LogP contribution in [0, 0.1) is 0 Å². The molecule has 4 nitrogen and oxygen atoms in total. The third kappa shape index (κ3) is 4.31. The number of hydrogen-bond donors (Lipinski definition) is 2. The van der Waals surface area contributed by atoms with Crippen LogP contribution in [0.2, 0.25) is 0 Å². The molecule has 0 aliphatic rings. The van der Waals surface area contributed by atoms with Crippen LogP contribution >= 0.6 is 35.9 Å². The van der Waals surface area contributed by atoms with E-state index < -0.39 is 6.03 Å². The second-order valence-corrected chi connectivity index (χ2v) is 3.22. The summed E-state index contributed by atoms with van der Waals surface area (Å²) in [6, 6.07) is -0.797. The summed E-state index contributed by atoms with van der Waals surface area (Å²) in [5.41, 5.74) is 9.69. The molecule has 0 aromatic rings. The molecule has 2 amide bonds. The molecule has 4 N–H and O–H groups in total. The minimum Gasteiger partial charge on any atom is -0.383 e. The van der Waals surface area contributed by atoms with E-state index in [-0.39, 0.29) is 4.32 Å². The molecule has 0 aliphatic carbocycles. The van der Waals surface area contributed by atoms with Crippen LogP contribution in [-0.2, 0) is 0 Å². The van der Waals surface area contributed by atoms with Crippen molar-refractivity contribution in [1.29, 1.82) is 0 Å². The number of rotatable bonds is 0. The van der Waals surface area contributed by atoms with Gasteiger partial charge in [0, 0.05) is 23.7 Å². The van der Waals surface area contributed by atoms with Gasteiger partial charge in [-0.25, -0.2) is 4.79 Å². The van der Waals surface area contributed by atoms with E-state index in [0.29, 0.717) is 15.8 Å². The molecule has 9 heavy (non-hydrogen) atoms. The predicted octanol–water partition coefficient (Wildman–Crippen LogP) is 0.413.